The molecule has 12 nitrogen and oxygen atoms in total. The van der Waals surface area contributed by atoms with Gasteiger partial charge in [-0.05, 0) is 18.2 Å². The lowest BCUT2D eigenvalue weighted by atomic mass is 9.99. The maximum Gasteiger partial charge on any atom is 0.239 e. The van der Waals surface area contributed by atoms with Crippen molar-refractivity contribution in [1.82, 2.24) is 0 Å². The number of phenols is 2. The Morgan fingerprint density at radius 3 is 2.31 bits per heavy atom. The summed E-state index contributed by atoms with van der Waals surface area (Å²) in [6.45, 7) is -0.664. The third-order valence-corrected chi connectivity index (χ3v) is 5.66. The molecule has 0 unspecified atom stereocenters. The SMILES string of the molecule is COc1cc(O[C@H]2O[C@@H](CO)[C@H](O)[C@H](O)[C@@H]2O)c2c(=O)c(OC)c(-c3ccc(O)c(O)c3)oc2c1. The van der Waals surface area contributed by atoms with Crippen LogP contribution >= 0.6 is 0 Å². The number of aliphatic hydroxyl groups excluding tert-OH is 4. The molecule has 35 heavy (non-hydrogen) atoms. The molecule has 1 fully saturated rings. The van der Waals surface area contributed by atoms with Crippen molar-refractivity contribution in [2.24, 2.45) is 0 Å². The van der Waals surface area contributed by atoms with Crippen LogP contribution in [0.15, 0.2) is 39.5 Å². The van der Waals surface area contributed by atoms with Gasteiger partial charge in [-0.15, -0.1) is 0 Å². The summed E-state index contributed by atoms with van der Waals surface area (Å²) >= 11 is 0. The van der Waals surface area contributed by atoms with E-state index in [1.54, 1.807) is 0 Å². The fourth-order valence-electron chi connectivity index (χ4n) is 3.78. The van der Waals surface area contributed by atoms with Gasteiger partial charge in [0.05, 0.1) is 20.8 Å². The van der Waals surface area contributed by atoms with Gasteiger partial charge in [0.15, 0.2) is 17.3 Å². The molecule has 0 amide bonds. The number of ether oxygens (including phenoxy) is 4. The van der Waals surface area contributed by atoms with Crippen LogP contribution in [0.25, 0.3) is 22.3 Å². The lowest BCUT2D eigenvalue weighted by Gasteiger charge is -2.39. The highest BCUT2D eigenvalue weighted by molar-refractivity contribution is 5.88. The molecule has 1 saturated heterocycles. The first-order valence-corrected chi connectivity index (χ1v) is 10.4. The number of aliphatic hydroxyl groups is 4. The summed E-state index contributed by atoms with van der Waals surface area (Å²) < 4.78 is 27.5. The second kappa shape index (κ2) is 9.60. The van der Waals surface area contributed by atoms with Crippen LogP contribution in [0.1, 0.15) is 0 Å². The zero-order chi connectivity index (χ0) is 25.4. The number of hydrogen-bond acceptors (Lipinski definition) is 12. The van der Waals surface area contributed by atoms with E-state index < -0.39 is 48.5 Å². The van der Waals surface area contributed by atoms with Gasteiger partial charge in [0.1, 0.15) is 46.9 Å². The van der Waals surface area contributed by atoms with Crippen molar-refractivity contribution >= 4 is 11.0 Å². The topological polar surface area (TPSA) is 189 Å². The maximum atomic E-state index is 13.4. The summed E-state index contributed by atoms with van der Waals surface area (Å²) in [6, 6.07) is 6.54. The molecule has 4 rings (SSSR count). The highest BCUT2D eigenvalue weighted by atomic mass is 16.7. The minimum absolute atomic E-state index is 0.0164. The van der Waals surface area contributed by atoms with Gasteiger partial charge in [0.25, 0.3) is 0 Å². The first-order valence-electron chi connectivity index (χ1n) is 10.4. The van der Waals surface area contributed by atoms with Gasteiger partial charge >= 0.3 is 0 Å². The number of benzene rings is 2. The summed E-state index contributed by atoms with van der Waals surface area (Å²) in [4.78, 5) is 13.4. The Bertz CT molecular complexity index is 1280. The Hall–Kier alpha value is -3.55. The molecule has 0 spiro atoms. The number of fused-ring (bicyclic) bond motifs is 1. The van der Waals surface area contributed by atoms with E-state index in [0.717, 1.165) is 0 Å². The molecular weight excluding hydrogens is 468 g/mol. The fourth-order valence-corrected chi connectivity index (χ4v) is 3.78. The molecule has 5 atom stereocenters. The monoisotopic (exact) mass is 492 g/mol. The van der Waals surface area contributed by atoms with Gasteiger partial charge in [0, 0.05) is 17.7 Å². The maximum absolute atomic E-state index is 13.4. The largest absolute Gasteiger partial charge is 0.504 e. The minimum Gasteiger partial charge on any atom is -0.504 e. The summed E-state index contributed by atoms with van der Waals surface area (Å²) in [7, 11) is 2.60. The second-order valence-electron chi connectivity index (χ2n) is 7.81. The predicted octanol–water partition coefficient (Wildman–Crippen LogP) is 0.0671. The first-order chi connectivity index (χ1) is 16.7. The van der Waals surface area contributed by atoms with Crippen molar-refractivity contribution in [1.29, 1.82) is 0 Å². The zero-order valence-corrected chi connectivity index (χ0v) is 18.6. The summed E-state index contributed by atoms with van der Waals surface area (Å²) in [6.07, 6.45) is -7.80. The lowest BCUT2D eigenvalue weighted by molar-refractivity contribution is -0.277. The number of aromatic hydroxyl groups is 2. The zero-order valence-electron chi connectivity index (χ0n) is 18.6. The highest BCUT2D eigenvalue weighted by Crippen LogP contribution is 2.39. The molecule has 1 aliphatic rings. The van der Waals surface area contributed by atoms with Crippen LogP contribution in [0, 0.1) is 0 Å². The van der Waals surface area contributed by atoms with Crippen LogP contribution in [-0.2, 0) is 4.74 Å². The van der Waals surface area contributed by atoms with E-state index in [9.17, 15) is 35.4 Å². The standard InChI is InChI=1S/C23H24O12/c1-31-10-6-13-16(14(7-10)34-23-20(30)19(29)17(27)15(8-24)35-23)18(28)22(32-2)21(33-13)9-3-4-11(25)12(26)5-9/h3-7,15,17,19-20,23-27,29-30H,8H2,1-2H3/t15-,17-,19-,20-,23-/m0/s1. The molecule has 3 aromatic rings. The average molecular weight is 492 g/mol. The molecule has 2 aromatic carbocycles. The molecule has 1 aromatic heterocycles. The summed E-state index contributed by atoms with van der Waals surface area (Å²) in [5, 5.41) is 59.2. The third-order valence-electron chi connectivity index (χ3n) is 5.66. The Balaban J connectivity index is 1.87. The normalized spacial score (nSPS) is 24.3. The van der Waals surface area contributed by atoms with Gasteiger partial charge in [0.2, 0.25) is 17.5 Å². The van der Waals surface area contributed by atoms with Crippen LogP contribution in [0.2, 0.25) is 0 Å². The quantitative estimate of drug-likeness (QED) is 0.254. The van der Waals surface area contributed by atoms with Gasteiger partial charge in [-0.1, -0.05) is 0 Å². The molecule has 0 radical (unpaired) electrons. The molecule has 0 bridgehead atoms. The number of hydrogen-bond donors (Lipinski definition) is 6. The van der Waals surface area contributed by atoms with Crippen molar-refractivity contribution in [2.75, 3.05) is 20.8 Å². The highest BCUT2D eigenvalue weighted by Gasteiger charge is 2.45. The van der Waals surface area contributed by atoms with E-state index in [1.807, 2.05) is 0 Å². The summed E-state index contributed by atoms with van der Waals surface area (Å²) in [5.74, 6) is -1.06. The molecule has 12 heteroatoms. The van der Waals surface area contributed by atoms with Crippen molar-refractivity contribution < 1.29 is 54.0 Å². The number of rotatable bonds is 6. The van der Waals surface area contributed by atoms with E-state index in [-0.39, 0.29) is 45.3 Å². The Labute approximate surface area is 197 Å². The van der Waals surface area contributed by atoms with Crippen LogP contribution in [-0.4, -0.2) is 82.2 Å². The smallest absolute Gasteiger partial charge is 0.239 e. The fraction of sp³-hybridized carbons (Fsp3) is 0.348. The van der Waals surface area contributed by atoms with Crippen molar-refractivity contribution in [3.05, 3.63) is 40.6 Å². The van der Waals surface area contributed by atoms with Gasteiger partial charge < -0.3 is 54.0 Å². The van der Waals surface area contributed by atoms with E-state index in [4.69, 9.17) is 23.4 Å². The van der Waals surface area contributed by atoms with E-state index in [0.29, 0.717) is 0 Å². The molecule has 188 valence electrons. The molecule has 1 aliphatic heterocycles. The summed E-state index contributed by atoms with van der Waals surface area (Å²) in [5.41, 5.74) is -0.466. The van der Waals surface area contributed by atoms with Crippen LogP contribution in [0.3, 0.4) is 0 Å². The molecule has 0 aliphatic carbocycles. The number of methoxy groups -OCH3 is 2. The van der Waals surface area contributed by atoms with Crippen molar-refractivity contribution in [2.45, 2.75) is 30.7 Å². The molecule has 6 N–H and O–H groups in total. The van der Waals surface area contributed by atoms with Crippen LogP contribution in [0.4, 0.5) is 0 Å². The van der Waals surface area contributed by atoms with E-state index in [2.05, 4.69) is 0 Å². The van der Waals surface area contributed by atoms with Crippen molar-refractivity contribution in [3.8, 4) is 40.1 Å². The van der Waals surface area contributed by atoms with Gasteiger partial charge in [-0.2, -0.15) is 0 Å². The Morgan fingerprint density at radius 2 is 1.69 bits per heavy atom. The van der Waals surface area contributed by atoms with Gasteiger partial charge in [-0.3, -0.25) is 4.79 Å². The lowest BCUT2D eigenvalue weighted by Crippen LogP contribution is -2.60. The third kappa shape index (κ3) is 4.33. The first kappa shape index (κ1) is 24.6. The second-order valence-corrected chi connectivity index (χ2v) is 7.81. The Kier molecular flexibility index (Phi) is 6.74. The average Bonchev–Trinajstić information content (AvgIpc) is 2.85. The minimum atomic E-state index is -1.72. The molecular formula is C23H24O12. The van der Waals surface area contributed by atoms with Crippen molar-refractivity contribution in [3.63, 3.8) is 0 Å². The van der Waals surface area contributed by atoms with Crippen LogP contribution < -0.4 is 19.6 Å². The number of phenolic OH excluding ortho intramolecular Hbond substituents is 2. The molecule has 2 heterocycles. The van der Waals surface area contributed by atoms with E-state index >= 15 is 0 Å². The van der Waals surface area contributed by atoms with E-state index in [1.165, 1.54) is 44.6 Å². The van der Waals surface area contributed by atoms with Gasteiger partial charge in [-0.25, -0.2) is 0 Å². The predicted molar refractivity (Wildman–Crippen MR) is 119 cm³/mol. The molecule has 0 saturated carbocycles. The van der Waals surface area contributed by atoms with Crippen LogP contribution in [0.5, 0.6) is 28.7 Å². The Morgan fingerprint density at radius 1 is 0.943 bits per heavy atom.